The largest absolute Gasteiger partial charge is 0.242 e. The minimum Gasteiger partial charge on any atom is -0.210 e. The summed E-state index contributed by atoms with van der Waals surface area (Å²) in [5, 5.41) is 0. The van der Waals surface area contributed by atoms with Crippen LogP contribution in [-0.4, -0.2) is 6.43 Å². The first kappa shape index (κ1) is 10.9. The summed E-state index contributed by atoms with van der Waals surface area (Å²) in [6.07, 6.45) is -4.19. The number of alkyl halides is 2. The first-order valence-electron chi connectivity index (χ1n) is 3.45. The van der Waals surface area contributed by atoms with E-state index in [0.29, 0.717) is 0 Å². The highest BCUT2D eigenvalue weighted by atomic mass is 19.3. The van der Waals surface area contributed by atoms with Crippen LogP contribution in [0, 0.1) is 29.3 Å². The lowest BCUT2D eigenvalue weighted by Crippen LogP contribution is -2.06. The van der Waals surface area contributed by atoms with E-state index in [0.717, 1.165) is 0 Å². The van der Waals surface area contributed by atoms with Gasteiger partial charge in [0.25, 0.3) is 0 Å². The van der Waals surface area contributed by atoms with E-state index in [1.807, 2.05) is 0 Å². The van der Waals surface area contributed by atoms with Gasteiger partial charge in [-0.15, -0.1) is 0 Å². The van der Waals surface area contributed by atoms with Crippen molar-refractivity contribution in [2.75, 3.05) is 0 Å². The summed E-state index contributed by atoms with van der Waals surface area (Å²) in [5.74, 6) is -7.79. The van der Waals surface area contributed by atoms with Crippen molar-refractivity contribution in [1.82, 2.24) is 0 Å². The standard InChI is InChI=1S/C8H3F6/c9-4-1-3(2-5(10)11)6(12)8(14)7(4)13/h5H,2H2. The predicted molar refractivity (Wildman–Crippen MR) is 34.8 cm³/mol. The average molecular weight is 213 g/mol. The normalized spacial score (nSPS) is 11.1. The van der Waals surface area contributed by atoms with Crippen LogP contribution in [-0.2, 0) is 6.42 Å². The fourth-order valence-corrected chi connectivity index (χ4v) is 0.862. The SMILES string of the molecule is Fc1[c]c(CC(F)F)c(F)c(F)c1F. The maximum absolute atomic E-state index is 12.7. The fraction of sp³-hybridized carbons (Fsp3) is 0.250. The van der Waals surface area contributed by atoms with Crippen LogP contribution in [0.2, 0.25) is 0 Å². The molecule has 1 aromatic carbocycles. The summed E-state index contributed by atoms with van der Waals surface area (Å²) >= 11 is 0. The van der Waals surface area contributed by atoms with Gasteiger partial charge in [0.1, 0.15) is 0 Å². The van der Waals surface area contributed by atoms with E-state index in [1.165, 1.54) is 6.07 Å². The Hall–Kier alpha value is -1.20. The van der Waals surface area contributed by atoms with E-state index in [-0.39, 0.29) is 0 Å². The number of hydrogen-bond donors (Lipinski definition) is 0. The molecule has 0 fully saturated rings. The molecule has 0 nitrogen and oxygen atoms in total. The van der Waals surface area contributed by atoms with E-state index < -0.39 is 41.7 Å². The first-order chi connectivity index (χ1) is 6.43. The van der Waals surface area contributed by atoms with Crippen LogP contribution < -0.4 is 0 Å². The Bertz CT molecular complexity index is 346. The second-order valence-corrected chi connectivity index (χ2v) is 2.45. The van der Waals surface area contributed by atoms with E-state index in [1.54, 1.807) is 0 Å². The molecule has 1 rings (SSSR count). The van der Waals surface area contributed by atoms with Crippen LogP contribution in [0.5, 0.6) is 0 Å². The number of hydrogen-bond acceptors (Lipinski definition) is 0. The monoisotopic (exact) mass is 213 g/mol. The number of benzene rings is 1. The number of halogens is 6. The summed E-state index contributed by atoms with van der Waals surface area (Å²) in [5.41, 5.74) is -1.00. The second kappa shape index (κ2) is 3.89. The molecule has 1 radical (unpaired) electrons. The molecule has 6 heteroatoms. The lowest BCUT2D eigenvalue weighted by Gasteiger charge is -2.04. The lowest BCUT2D eigenvalue weighted by atomic mass is 10.1. The van der Waals surface area contributed by atoms with Crippen molar-refractivity contribution in [1.29, 1.82) is 0 Å². The maximum Gasteiger partial charge on any atom is 0.242 e. The van der Waals surface area contributed by atoms with Crippen molar-refractivity contribution in [2.45, 2.75) is 12.8 Å². The molecule has 14 heavy (non-hydrogen) atoms. The minimum atomic E-state index is -2.98. The highest BCUT2D eigenvalue weighted by Crippen LogP contribution is 2.19. The first-order valence-corrected chi connectivity index (χ1v) is 3.45. The van der Waals surface area contributed by atoms with Gasteiger partial charge in [-0.1, -0.05) is 0 Å². The minimum absolute atomic E-state index is 1.00. The van der Waals surface area contributed by atoms with Crippen LogP contribution in [0.25, 0.3) is 0 Å². The predicted octanol–water partition coefficient (Wildman–Crippen LogP) is 2.85. The molecule has 1 aromatic rings. The van der Waals surface area contributed by atoms with Crippen molar-refractivity contribution in [3.05, 3.63) is 34.9 Å². The Morgan fingerprint density at radius 1 is 0.929 bits per heavy atom. The summed E-state index contributed by atoms with van der Waals surface area (Å²) in [4.78, 5) is 0. The van der Waals surface area contributed by atoms with Crippen LogP contribution in [0.15, 0.2) is 0 Å². The Morgan fingerprint density at radius 3 is 2.00 bits per heavy atom. The van der Waals surface area contributed by atoms with Crippen molar-refractivity contribution in [3.63, 3.8) is 0 Å². The van der Waals surface area contributed by atoms with E-state index >= 15 is 0 Å². The molecule has 0 spiro atoms. The molecule has 0 N–H and O–H groups in total. The van der Waals surface area contributed by atoms with Gasteiger partial charge in [0.15, 0.2) is 23.3 Å². The smallest absolute Gasteiger partial charge is 0.210 e. The van der Waals surface area contributed by atoms with Crippen LogP contribution in [0.4, 0.5) is 26.3 Å². The van der Waals surface area contributed by atoms with E-state index in [2.05, 4.69) is 0 Å². The maximum atomic E-state index is 12.7. The lowest BCUT2D eigenvalue weighted by molar-refractivity contribution is 0.147. The summed E-state index contributed by atoms with van der Waals surface area (Å²) in [6, 6.07) is 1.38. The van der Waals surface area contributed by atoms with Crippen LogP contribution >= 0.6 is 0 Å². The summed E-state index contributed by atoms with van der Waals surface area (Å²) in [6.45, 7) is 0. The Labute approximate surface area is 75.2 Å². The molecule has 0 bridgehead atoms. The fourth-order valence-electron chi connectivity index (χ4n) is 0.862. The van der Waals surface area contributed by atoms with Crippen molar-refractivity contribution in [2.24, 2.45) is 0 Å². The highest BCUT2D eigenvalue weighted by molar-refractivity contribution is 5.20. The van der Waals surface area contributed by atoms with E-state index in [4.69, 9.17) is 0 Å². The van der Waals surface area contributed by atoms with Crippen LogP contribution in [0.1, 0.15) is 5.56 Å². The average Bonchev–Trinajstić information content (AvgIpc) is 2.10. The van der Waals surface area contributed by atoms with Gasteiger partial charge in [0, 0.05) is 18.1 Å². The molecular weight excluding hydrogens is 210 g/mol. The van der Waals surface area contributed by atoms with Crippen molar-refractivity contribution >= 4 is 0 Å². The molecule has 0 amide bonds. The van der Waals surface area contributed by atoms with Crippen molar-refractivity contribution < 1.29 is 26.3 Å². The molecule has 0 aliphatic rings. The Balaban J connectivity index is 3.19. The van der Waals surface area contributed by atoms with Crippen LogP contribution in [0.3, 0.4) is 0 Å². The van der Waals surface area contributed by atoms with Gasteiger partial charge in [-0.05, 0) is 0 Å². The second-order valence-electron chi connectivity index (χ2n) is 2.45. The molecule has 0 aliphatic heterocycles. The van der Waals surface area contributed by atoms with Crippen molar-refractivity contribution in [3.8, 4) is 0 Å². The van der Waals surface area contributed by atoms with Gasteiger partial charge in [-0.2, -0.15) is 0 Å². The van der Waals surface area contributed by atoms with Gasteiger partial charge in [-0.25, -0.2) is 26.3 Å². The summed E-state index contributed by atoms with van der Waals surface area (Å²) in [7, 11) is 0. The third kappa shape index (κ3) is 2.00. The topological polar surface area (TPSA) is 0 Å². The summed E-state index contributed by atoms with van der Waals surface area (Å²) < 4.78 is 73.3. The number of rotatable bonds is 2. The zero-order chi connectivity index (χ0) is 10.9. The third-order valence-electron chi connectivity index (χ3n) is 1.46. The van der Waals surface area contributed by atoms with Gasteiger partial charge in [0.05, 0.1) is 0 Å². The van der Waals surface area contributed by atoms with E-state index in [9.17, 15) is 26.3 Å². The quantitative estimate of drug-likeness (QED) is 0.402. The zero-order valence-corrected chi connectivity index (χ0v) is 6.55. The Morgan fingerprint density at radius 2 is 1.50 bits per heavy atom. The molecule has 0 aromatic heterocycles. The molecule has 0 aliphatic carbocycles. The highest BCUT2D eigenvalue weighted by Gasteiger charge is 2.21. The van der Waals surface area contributed by atoms with Gasteiger partial charge in [0.2, 0.25) is 6.43 Å². The molecule has 0 saturated heterocycles. The third-order valence-corrected chi connectivity index (χ3v) is 1.46. The molecule has 0 saturated carbocycles. The zero-order valence-electron chi connectivity index (χ0n) is 6.55. The molecular formula is C8H3F6. The Kier molecular flexibility index (Phi) is 3.03. The van der Waals surface area contributed by atoms with Gasteiger partial charge < -0.3 is 0 Å². The molecule has 0 heterocycles. The molecule has 0 unspecified atom stereocenters. The molecule has 77 valence electrons. The van der Waals surface area contributed by atoms with Gasteiger partial charge in [-0.3, -0.25) is 0 Å². The van der Waals surface area contributed by atoms with Gasteiger partial charge >= 0.3 is 0 Å². The molecule has 0 atom stereocenters.